The molecule has 0 aromatic heterocycles. The van der Waals surface area contributed by atoms with E-state index in [9.17, 15) is 4.79 Å². The molecule has 3 heteroatoms. The minimum absolute atomic E-state index is 0.297. The molecule has 0 unspecified atom stereocenters. The minimum Gasteiger partial charge on any atom is -0.463 e. The van der Waals surface area contributed by atoms with Gasteiger partial charge >= 0.3 is 5.97 Å². The third kappa shape index (κ3) is 4.72. The second kappa shape index (κ2) is 6.74. The van der Waals surface area contributed by atoms with Crippen molar-refractivity contribution in [2.45, 2.75) is 26.7 Å². The van der Waals surface area contributed by atoms with Crippen molar-refractivity contribution in [3.63, 3.8) is 0 Å². The largest absolute Gasteiger partial charge is 0.463 e. The molecule has 0 saturated heterocycles. The maximum absolute atomic E-state index is 11.3. The fourth-order valence-electron chi connectivity index (χ4n) is 1.41. The normalized spacial score (nSPS) is 10.7. The molecule has 0 atom stereocenters. The van der Waals surface area contributed by atoms with Crippen LogP contribution in [0.25, 0.3) is 6.08 Å². The molecular weight excluding hydrogens is 214 g/mol. The van der Waals surface area contributed by atoms with Crippen molar-refractivity contribution in [1.29, 1.82) is 0 Å². The van der Waals surface area contributed by atoms with Crippen LogP contribution in [0.5, 0.6) is 0 Å². The van der Waals surface area contributed by atoms with Crippen LogP contribution in [0, 0.1) is 6.92 Å². The average Bonchev–Trinajstić information content (AvgIpc) is 2.28. The highest BCUT2D eigenvalue weighted by Crippen LogP contribution is 2.13. The highest BCUT2D eigenvalue weighted by molar-refractivity contribution is 5.87. The minimum atomic E-state index is -0.297. The molecule has 1 aromatic carbocycles. The van der Waals surface area contributed by atoms with Crippen LogP contribution in [0.15, 0.2) is 24.3 Å². The molecule has 1 rings (SSSR count). The van der Waals surface area contributed by atoms with E-state index in [1.165, 1.54) is 6.08 Å². The molecule has 3 nitrogen and oxygen atoms in total. The number of rotatable bonds is 5. The number of unbranched alkanes of at least 4 members (excludes halogenated alkanes) is 1. The van der Waals surface area contributed by atoms with Crippen molar-refractivity contribution >= 4 is 17.7 Å². The van der Waals surface area contributed by atoms with E-state index in [1.54, 1.807) is 6.08 Å². The Labute approximate surface area is 102 Å². The second-order valence-electron chi connectivity index (χ2n) is 3.97. The average molecular weight is 233 g/mol. The van der Waals surface area contributed by atoms with Crippen molar-refractivity contribution in [2.24, 2.45) is 0 Å². The van der Waals surface area contributed by atoms with E-state index < -0.39 is 0 Å². The van der Waals surface area contributed by atoms with Crippen LogP contribution >= 0.6 is 0 Å². The van der Waals surface area contributed by atoms with Crippen molar-refractivity contribution in [3.8, 4) is 0 Å². The first-order valence-corrected chi connectivity index (χ1v) is 5.84. The van der Waals surface area contributed by atoms with Gasteiger partial charge in [0.15, 0.2) is 0 Å². The summed E-state index contributed by atoms with van der Waals surface area (Å²) in [6, 6.07) is 5.58. The van der Waals surface area contributed by atoms with E-state index >= 15 is 0 Å². The summed E-state index contributed by atoms with van der Waals surface area (Å²) in [6.07, 6.45) is 5.13. The first-order valence-electron chi connectivity index (χ1n) is 5.84. The Bertz CT molecular complexity index is 411. The summed E-state index contributed by atoms with van der Waals surface area (Å²) in [4.78, 5) is 11.3. The Morgan fingerprint density at radius 3 is 2.88 bits per heavy atom. The molecule has 17 heavy (non-hydrogen) atoms. The van der Waals surface area contributed by atoms with Crippen LogP contribution in [0.3, 0.4) is 0 Å². The lowest BCUT2D eigenvalue weighted by Crippen LogP contribution is -2.01. The number of aryl methyl sites for hydroxylation is 1. The van der Waals surface area contributed by atoms with Crippen LogP contribution < -0.4 is 5.73 Å². The molecule has 0 heterocycles. The van der Waals surface area contributed by atoms with Gasteiger partial charge in [0, 0.05) is 11.8 Å². The number of anilines is 1. The Morgan fingerprint density at radius 2 is 2.24 bits per heavy atom. The van der Waals surface area contributed by atoms with E-state index in [-0.39, 0.29) is 5.97 Å². The molecule has 0 aliphatic heterocycles. The third-order valence-electron chi connectivity index (χ3n) is 2.44. The molecule has 1 aromatic rings. The Kier molecular flexibility index (Phi) is 5.27. The van der Waals surface area contributed by atoms with Crippen LogP contribution in [0.1, 0.15) is 30.9 Å². The van der Waals surface area contributed by atoms with E-state index in [1.807, 2.05) is 25.1 Å². The summed E-state index contributed by atoms with van der Waals surface area (Å²) in [7, 11) is 0. The summed E-state index contributed by atoms with van der Waals surface area (Å²) in [5.74, 6) is -0.297. The molecule has 0 radical (unpaired) electrons. The topological polar surface area (TPSA) is 52.3 Å². The Hall–Kier alpha value is -1.77. The quantitative estimate of drug-likeness (QED) is 0.368. The molecule has 0 aliphatic rings. The van der Waals surface area contributed by atoms with Gasteiger partial charge in [0.1, 0.15) is 0 Å². The zero-order valence-corrected chi connectivity index (χ0v) is 10.4. The summed E-state index contributed by atoms with van der Waals surface area (Å²) >= 11 is 0. The number of hydrogen-bond acceptors (Lipinski definition) is 3. The maximum atomic E-state index is 11.3. The van der Waals surface area contributed by atoms with Crippen molar-refractivity contribution in [1.82, 2.24) is 0 Å². The number of hydrogen-bond donors (Lipinski definition) is 1. The second-order valence-corrected chi connectivity index (χ2v) is 3.97. The lowest BCUT2D eigenvalue weighted by Gasteiger charge is -2.02. The zero-order valence-electron chi connectivity index (χ0n) is 10.4. The summed E-state index contributed by atoms with van der Waals surface area (Å²) < 4.78 is 5.02. The molecule has 92 valence electrons. The highest BCUT2D eigenvalue weighted by atomic mass is 16.5. The van der Waals surface area contributed by atoms with Crippen molar-refractivity contribution < 1.29 is 9.53 Å². The highest BCUT2D eigenvalue weighted by Gasteiger charge is 1.98. The van der Waals surface area contributed by atoms with Crippen LogP contribution in [0.4, 0.5) is 5.69 Å². The molecule has 0 fully saturated rings. The predicted octanol–water partition coefficient (Wildman–Crippen LogP) is 2.93. The molecule has 2 N–H and O–H groups in total. The smallest absolute Gasteiger partial charge is 0.330 e. The Morgan fingerprint density at radius 1 is 1.47 bits per heavy atom. The SMILES string of the molecule is CCCCOC(=O)/C=C/c1ccc(N)cc1C. The number of benzene rings is 1. The van der Waals surface area contributed by atoms with E-state index in [4.69, 9.17) is 10.5 Å². The van der Waals surface area contributed by atoms with E-state index in [2.05, 4.69) is 6.92 Å². The zero-order chi connectivity index (χ0) is 12.7. The molecular formula is C14H19NO2. The van der Waals surface area contributed by atoms with Gasteiger partial charge in [-0.1, -0.05) is 19.4 Å². The monoisotopic (exact) mass is 233 g/mol. The van der Waals surface area contributed by atoms with E-state index in [0.29, 0.717) is 6.61 Å². The standard InChI is InChI=1S/C14H19NO2/c1-3-4-9-17-14(16)8-6-12-5-7-13(15)10-11(12)2/h5-8,10H,3-4,9,15H2,1-2H3/b8-6+. The third-order valence-corrected chi connectivity index (χ3v) is 2.44. The van der Waals surface area contributed by atoms with Crippen LogP contribution in [-0.4, -0.2) is 12.6 Å². The van der Waals surface area contributed by atoms with Gasteiger partial charge in [-0.15, -0.1) is 0 Å². The predicted molar refractivity (Wildman–Crippen MR) is 70.5 cm³/mol. The van der Waals surface area contributed by atoms with Gasteiger partial charge in [-0.3, -0.25) is 0 Å². The molecule has 0 saturated carbocycles. The number of ether oxygens (including phenoxy) is 1. The number of nitrogens with two attached hydrogens (primary N) is 1. The van der Waals surface area contributed by atoms with Gasteiger partial charge in [-0.25, -0.2) is 4.79 Å². The fraction of sp³-hybridized carbons (Fsp3) is 0.357. The summed E-state index contributed by atoms with van der Waals surface area (Å²) in [6.45, 7) is 4.50. The first-order chi connectivity index (χ1) is 8.13. The molecule has 0 amide bonds. The Balaban J connectivity index is 2.55. The van der Waals surface area contributed by atoms with Crippen molar-refractivity contribution in [2.75, 3.05) is 12.3 Å². The number of carbonyl (C=O) groups excluding carboxylic acids is 1. The maximum Gasteiger partial charge on any atom is 0.330 e. The fourth-order valence-corrected chi connectivity index (χ4v) is 1.41. The summed E-state index contributed by atoms with van der Waals surface area (Å²) in [5.41, 5.74) is 8.40. The van der Waals surface area contributed by atoms with Gasteiger partial charge < -0.3 is 10.5 Å². The van der Waals surface area contributed by atoms with Crippen molar-refractivity contribution in [3.05, 3.63) is 35.4 Å². The number of carbonyl (C=O) groups is 1. The number of esters is 1. The van der Waals surface area contributed by atoms with Gasteiger partial charge in [0.25, 0.3) is 0 Å². The van der Waals surface area contributed by atoms with Gasteiger partial charge in [-0.05, 0) is 42.7 Å². The summed E-state index contributed by atoms with van der Waals surface area (Å²) in [5, 5.41) is 0. The lowest BCUT2D eigenvalue weighted by molar-refractivity contribution is -0.137. The molecule has 0 bridgehead atoms. The van der Waals surface area contributed by atoms with Crippen LogP contribution in [0.2, 0.25) is 0 Å². The molecule has 0 spiro atoms. The first kappa shape index (κ1) is 13.3. The lowest BCUT2D eigenvalue weighted by atomic mass is 10.1. The molecule has 0 aliphatic carbocycles. The number of nitrogen functional groups attached to an aromatic ring is 1. The van der Waals surface area contributed by atoms with E-state index in [0.717, 1.165) is 29.7 Å². The van der Waals surface area contributed by atoms with Gasteiger partial charge in [0.2, 0.25) is 0 Å². The van der Waals surface area contributed by atoms with Crippen LogP contribution in [-0.2, 0) is 9.53 Å². The van der Waals surface area contributed by atoms with Gasteiger partial charge in [0.05, 0.1) is 6.61 Å². The van der Waals surface area contributed by atoms with Gasteiger partial charge in [-0.2, -0.15) is 0 Å².